The minimum absolute atomic E-state index is 0.137. The summed E-state index contributed by atoms with van der Waals surface area (Å²) in [5.74, 6) is -1.15. The molecule has 1 aliphatic heterocycles. The smallest absolute Gasteiger partial charge is 0.341 e. The van der Waals surface area contributed by atoms with Gasteiger partial charge in [0.15, 0.2) is 0 Å². The average Bonchev–Trinajstić information content (AvgIpc) is 3.40. The first kappa shape index (κ1) is 14.3. The summed E-state index contributed by atoms with van der Waals surface area (Å²) in [4.78, 5) is 26.2. The van der Waals surface area contributed by atoms with E-state index in [0.717, 1.165) is 50.2 Å². The molecule has 2 fully saturated rings. The number of hydrogen-bond donors (Lipinski definition) is 2. The molecule has 2 aromatic rings. The van der Waals surface area contributed by atoms with Crippen molar-refractivity contribution in [2.45, 2.75) is 18.9 Å². The first-order valence-corrected chi connectivity index (χ1v) is 8.03. The van der Waals surface area contributed by atoms with E-state index in [1.165, 1.54) is 6.20 Å². The second kappa shape index (κ2) is 5.38. The molecule has 4 rings (SSSR count). The van der Waals surface area contributed by atoms with Gasteiger partial charge in [-0.1, -0.05) is 0 Å². The summed E-state index contributed by atoms with van der Waals surface area (Å²) in [7, 11) is 0. The Labute approximate surface area is 133 Å². The summed E-state index contributed by atoms with van der Waals surface area (Å²) in [5, 5.41) is 13.1. The van der Waals surface area contributed by atoms with Crippen LogP contribution in [-0.4, -0.2) is 41.8 Å². The maximum Gasteiger partial charge on any atom is 0.341 e. The maximum absolute atomic E-state index is 12.6. The first-order chi connectivity index (χ1) is 11.1. The Morgan fingerprint density at radius 2 is 1.96 bits per heavy atom. The maximum atomic E-state index is 12.6. The molecule has 2 aliphatic rings. The van der Waals surface area contributed by atoms with Gasteiger partial charge in [-0.3, -0.25) is 4.79 Å². The summed E-state index contributed by atoms with van der Waals surface area (Å²) in [6.07, 6.45) is 3.59. The zero-order chi connectivity index (χ0) is 16.0. The normalized spacial score (nSPS) is 18.3. The van der Waals surface area contributed by atoms with Crippen LogP contribution >= 0.6 is 0 Å². The Hall–Kier alpha value is -2.34. The largest absolute Gasteiger partial charge is 0.477 e. The highest BCUT2D eigenvalue weighted by atomic mass is 16.4. The standard InChI is InChI=1S/C17H19N3O3/c21-16-13-9-12(19-7-5-18-6-8-19)3-4-15(13)20(11-1-2-11)10-14(16)17(22)23/h3-4,9-11,18H,1-2,5-8H2,(H,22,23). The van der Waals surface area contributed by atoms with Gasteiger partial charge in [-0.2, -0.15) is 0 Å². The molecule has 0 amide bonds. The molecule has 120 valence electrons. The number of benzene rings is 1. The number of carbonyl (C=O) groups is 1. The number of carboxylic acids is 1. The van der Waals surface area contributed by atoms with E-state index in [1.807, 2.05) is 22.8 Å². The molecule has 0 atom stereocenters. The lowest BCUT2D eigenvalue weighted by Gasteiger charge is -2.29. The van der Waals surface area contributed by atoms with Crippen LogP contribution in [-0.2, 0) is 0 Å². The van der Waals surface area contributed by atoms with Crippen LogP contribution in [0, 0.1) is 0 Å². The van der Waals surface area contributed by atoms with Gasteiger partial charge in [0.25, 0.3) is 0 Å². The van der Waals surface area contributed by atoms with Gasteiger partial charge in [0, 0.05) is 49.5 Å². The van der Waals surface area contributed by atoms with E-state index in [-0.39, 0.29) is 11.0 Å². The lowest BCUT2D eigenvalue weighted by atomic mass is 10.1. The predicted molar refractivity (Wildman–Crippen MR) is 88.5 cm³/mol. The molecule has 1 aliphatic carbocycles. The minimum atomic E-state index is -1.15. The van der Waals surface area contributed by atoms with Crippen molar-refractivity contribution in [3.8, 4) is 0 Å². The minimum Gasteiger partial charge on any atom is -0.477 e. The van der Waals surface area contributed by atoms with Crippen LogP contribution in [0.2, 0.25) is 0 Å². The van der Waals surface area contributed by atoms with E-state index in [9.17, 15) is 14.7 Å². The number of aromatic carboxylic acids is 1. The Morgan fingerprint density at radius 3 is 2.61 bits per heavy atom. The molecule has 1 aromatic carbocycles. The highest BCUT2D eigenvalue weighted by molar-refractivity contribution is 5.93. The number of nitrogens with one attached hydrogen (secondary N) is 1. The SMILES string of the molecule is O=C(O)c1cn(C2CC2)c2ccc(N3CCNCC3)cc2c1=O. The second-order valence-corrected chi connectivity index (χ2v) is 6.25. The third-order valence-corrected chi connectivity index (χ3v) is 4.67. The number of fused-ring (bicyclic) bond motifs is 1. The van der Waals surface area contributed by atoms with Gasteiger partial charge < -0.3 is 19.9 Å². The van der Waals surface area contributed by atoms with Crippen molar-refractivity contribution >= 4 is 22.6 Å². The molecule has 0 bridgehead atoms. The van der Waals surface area contributed by atoms with Crippen molar-refractivity contribution in [1.29, 1.82) is 0 Å². The molecule has 2 heterocycles. The molecule has 6 heteroatoms. The quantitative estimate of drug-likeness (QED) is 0.897. The number of hydrogen-bond acceptors (Lipinski definition) is 4. The van der Waals surface area contributed by atoms with Crippen molar-refractivity contribution in [1.82, 2.24) is 9.88 Å². The number of nitrogens with zero attached hydrogens (tertiary/aromatic N) is 2. The van der Waals surface area contributed by atoms with Crippen LogP contribution in [0.5, 0.6) is 0 Å². The molecule has 0 spiro atoms. The first-order valence-electron chi connectivity index (χ1n) is 8.03. The van der Waals surface area contributed by atoms with Crippen LogP contribution in [0.25, 0.3) is 10.9 Å². The summed E-state index contributed by atoms with van der Waals surface area (Å²) in [6.45, 7) is 3.61. The van der Waals surface area contributed by atoms with Gasteiger partial charge in [-0.15, -0.1) is 0 Å². The molecular formula is C17H19N3O3. The molecule has 1 aromatic heterocycles. The summed E-state index contributed by atoms with van der Waals surface area (Å²) < 4.78 is 1.96. The van der Waals surface area contributed by atoms with Crippen LogP contribution in [0.3, 0.4) is 0 Å². The van der Waals surface area contributed by atoms with Crippen molar-refractivity contribution in [2.24, 2.45) is 0 Å². The van der Waals surface area contributed by atoms with Gasteiger partial charge >= 0.3 is 5.97 Å². The van der Waals surface area contributed by atoms with E-state index in [1.54, 1.807) is 0 Å². The third kappa shape index (κ3) is 2.49. The highest BCUT2D eigenvalue weighted by Gasteiger charge is 2.27. The third-order valence-electron chi connectivity index (χ3n) is 4.67. The van der Waals surface area contributed by atoms with E-state index < -0.39 is 5.97 Å². The van der Waals surface area contributed by atoms with Crippen molar-refractivity contribution in [3.05, 3.63) is 40.2 Å². The van der Waals surface area contributed by atoms with Crippen LogP contribution < -0.4 is 15.6 Å². The zero-order valence-electron chi connectivity index (χ0n) is 12.8. The monoisotopic (exact) mass is 313 g/mol. The predicted octanol–water partition coefficient (Wildman–Crippen LogP) is 1.44. The molecular weight excluding hydrogens is 294 g/mol. The zero-order valence-corrected chi connectivity index (χ0v) is 12.8. The Kier molecular flexibility index (Phi) is 3.34. The van der Waals surface area contributed by atoms with E-state index in [0.29, 0.717) is 11.4 Å². The summed E-state index contributed by atoms with van der Waals surface area (Å²) >= 11 is 0. The fraction of sp³-hybridized carbons (Fsp3) is 0.412. The Bertz CT molecular complexity index is 833. The van der Waals surface area contributed by atoms with Gasteiger partial charge in [-0.05, 0) is 31.0 Å². The number of rotatable bonds is 3. The topological polar surface area (TPSA) is 74.6 Å². The molecule has 0 unspecified atom stereocenters. The fourth-order valence-electron chi connectivity index (χ4n) is 3.27. The number of pyridine rings is 1. The van der Waals surface area contributed by atoms with Crippen molar-refractivity contribution < 1.29 is 9.90 Å². The lowest BCUT2D eigenvalue weighted by Crippen LogP contribution is -2.43. The number of carboxylic acid groups (broad SMARTS) is 1. The number of piperazine rings is 1. The van der Waals surface area contributed by atoms with Crippen molar-refractivity contribution in [3.63, 3.8) is 0 Å². The summed E-state index contributed by atoms with van der Waals surface area (Å²) in [5.41, 5.74) is 1.30. The second-order valence-electron chi connectivity index (χ2n) is 6.25. The lowest BCUT2D eigenvalue weighted by molar-refractivity contribution is 0.0695. The number of anilines is 1. The Morgan fingerprint density at radius 1 is 1.22 bits per heavy atom. The van der Waals surface area contributed by atoms with Gasteiger partial charge in [0.2, 0.25) is 5.43 Å². The van der Waals surface area contributed by atoms with Gasteiger partial charge in [0.1, 0.15) is 5.56 Å². The molecule has 6 nitrogen and oxygen atoms in total. The molecule has 2 N–H and O–H groups in total. The van der Waals surface area contributed by atoms with Crippen molar-refractivity contribution in [2.75, 3.05) is 31.1 Å². The average molecular weight is 313 g/mol. The van der Waals surface area contributed by atoms with Crippen LogP contribution in [0.1, 0.15) is 29.2 Å². The molecule has 23 heavy (non-hydrogen) atoms. The van der Waals surface area contributed by atoms with E-state index in [4.69, 9.17) is 0 Å². The molecule has 1 saturated carbocycles. The summed E-state index contributed by atoms with van der Waals surface area (Å²) in [6, 6.07) is 6.17. The van der Waals surface area contributed by atoms with E-state index in [2.05, 4.69) is 10.2 Å². The van der Waals surface area contributed by atoms with Crippen LogP contribution in [0.15, 0.2) is 29.2 Å². The molecule has 0 radical (unpaired) electrons. The Balaban J connectivity index is 1.90. The number of aromatic nitrogens is 1. The molecule has 1 saturated heterocycles. The van der Waals surface area contributed by atoms with E-state index >= 15 is 0 Å². The highest BCUT2D eigenvalue weighted by Crippen LogP contribution is 2.37. The van der Waals surface area contributed by atoms with Crippen LogP contribution in [0.4, 0.5) is 5.69 Å². The van der Waals surface area contributed by atoms with Gasteiger partial charge in [-0.25, -0.2) is 4.79 Å². The van der Waals surface area contributed by atoms with Gasteiger partial charge in [0.05, 0.1) is 5.52 Å². The fourth-order valence-corrected chi connectivity index (χ4v) is 3.27.